The lowest BCUT2D eigenvalue weighted by Crippen LogP contribution is -2.15. The first-order chi connectivity index (χ1) is 12.2. The maximum atomic E-state index is 12.3. The largest absolute Gasteiger partial charge is 0.395 e. The Morgan fingerprint density at radius 2 is 1.76 bits per heavy atom. The normalized spacial score (nSPS) is 11.9. The SMILES string of the molecule is C=CC(=O)C(CO)c1c(-c2ccccc2)nn(-c2ccccc2)c1Cl. The van der Waals surface area contributed by atoms with E-state index >= 15 is 0 Å². The van der Waals surface area contributed by atoms with Crippen molar-refractivity contribution in [3.63, 3.8) is 0 Å². The molecule has 1 unspecified atom stereocenters. The van der Waals surface area contributed by atoms with Crippen LogP contribution in [-0.2, 0) is 4.79 Å². The van der Waals surface area contributed by atoms with Crippen molar-refractivity contribution in [2.45, 2.75) is 5.92 Å². The summed E-state index contributed by atoms with van der Waals surface area (Å²) in [6, 6.07) is 18.9. The first-order valence-corrected chi connectivity index (χ1v) is 8.21. The minimum Gasteiger partial charge on any atom is -0.395 e. The van der Waals surface area contributed by atoms with E-state index in [1.807, 2.05) is 60.7 Å². The van der Waals surface area contributed by atoms with Gasteiger partial charge in [0.1, 0.15) is 5.15 Å². The van der Waals surface area contributed by atoms with E-state index in [0.717, 1.165) is 11.3 Å². The summed E-state index contributed by atoms with van der Waals surface area (Å²) in [4.78, 5) is 12.3. The number of hydrogen-bond acceptors (Lipinski definition) is 3. The number of aliphatic hydroxyl groups excluding tert-OH is 1. The number of nitrogens with zero attached hydrogens (tertiary/aromatic N) is 2. The van der Waals surface area contributed by atoms with Gasteiger partial charge in [-0.3, -0.25) is 4.79 Å². The zero-order chi connectivity index (χ0) is 17.8. The van der Waals surface area contributed by atoms with Gasteiger partial charge in [0, 0.05) is 11.1 Å². The number of rotatable bonds is 6. The van der Waals surface area contributed by atoms with E-state index in [1.165, 1.54) is 6.08 Å². The summed E-state index contributed by atoms with van der Waals surface area (Å²) in [7, 11) is 0. The van der Waals surface area contributed by atoms with Gasteiger partial charge in [-0.25, -0.2) is 4.68 Å². The summed E-state index contributed by atoms with van der Waals surface area (Å²) < 4.78 is 1.58. The Balaban J connectivity index is 2.26. The molecule has 0 aliphatic rings. The molecule has 0 bridgehead atoms. The number of carbonyl (C=O) groups excluding carboxylic acids is 1. The number of benzene rings is 2. The molecule has 5 heteroatoms. The van der Waals surface area contributed by atoms with Gasteiger partial charge >= 0.3 is 0 Å². The molecule has 1 atom stereocenters. The molecular weight excluding hydrogens is 336 g/mol. The molecule has 3 rings (SSSR count). The third-order valence-electron chi connectivity index (χ3n) is 3.99. The van der Waals surface area contributed by atoms with E-state index in [1.54, 1.807) is 4.68 Å². The summed E-state index contributed by atoms with van der Waals surface area (Å²) in [5.74, 6) is -1.10. The van der Waals surface area contributed by atoms with Gasteiger partial charge in [0.25, 0.3) is 0 Å². The van der Waals surface area contributed by atoms with Crippen LogP contribution < -0.4 is 0 Å². The number of aliphatic hydroxyl groups is 1. The number of hydrogen-bond donors (Lipinski definition) is 1. The molecule has 2 aromatic carbocycles. The molecule has 0 fully saturated rings. The lowest BCUT2D eigenvalue weighted by molar-refractivity contribution is -0.116. The maximum absolute atomic E-state index is 12.3. The second-order valence-electron chi connectivity index (χ2n) is 5.51. The second kappa shape index (κ2) is 7.47. The predicted molar refractivity (Wildman–Crippen MR) is 99.0 cm³/mol. The van der Waals surface area contributed by atoms with E-state index in [0.29, 0.717) is 16.4 Å². The van der Waals surface area contributed by atoms with Gasteiger partial charge in [-0.2, -0.15) is 5.10 Å². The van der Waals surface area contributed by atoms with Crippen molar-refractivity contribution < 1.29 is 9.90 Å². The van der Waals surface area contributed by atoms with Crippen molar-refractivity contribution in [2.24, 2.45) is 0 Å². The Morgan fingerprint density at radius 1 is 1.16 bits per heavy atom. The fourth-order valence-electron chi connectivity index (χ4n) is 2.73. The Labute approximate surface area is 151 Å². The fourth-order valence-corrected chi connectivity index (χ4v) is 3.09. The Hall–Kier alpha value is -2.69. The number of allylic oxidation sites excluding steroid dienone is 1. The summed E-state index contributed by atoms with van der Waals surface area (Å²) >= 11 is 6.59. The maximum Gasteiger partial charge on any atom is 0.165 e. The molecule has 0 amide bonds. The third kappa shape index (κ3) is 3.27. The minimum atomic E-state index is -0.808. The highest BCUT2D eigenvalue weighted by atomic mass is 35.5. The van der Waals surface area contributed by atoms with Crippen LogP contribution in [0, 0.1) is 0 Å². The molecule has 4 nitrogen and oxygen atoms in total. The topological polar surface area (TPSA) is 55.1 Å². The smallest absolute Gasteiger partial charge is 0.165 e. The van der Waals surface area contributed by atoms with Crippen molar-refractivity contribution in [3.05, 3.63) is 84.0 Å². The Kier molecular flexibility index (Phi) is 5.12. The summed E-state index contributed by atoms with van der Waals surface area (Å²) in [5.41, 5.74) is 2.68. The van der Waals surface area contributed by atoms with Crippen molar-refractivity contribution in [3.8, 4) is 16.9 Å². The minimum absolute atomic E-state index is 0.297. The number of halogens is 1. The molecule has 0 aliphatic heterocycles. The van der Waals surface area contributed by atoms with Crippen molar-refractivity contribution in [2.75, 3.05) is 6.61 Å². The quantitative estimate of drug-likeness (QED) is 0.681. The van der Waals surface area contributed by atoms with Gasteiger partial charge in [0.2, 0.25) is 0 Å². The molecule has 25 heavy (non-hydrogen) atoms. The highest BCUT2D eigenvalue weighted by molar-refractivity contribution is 6.31. The van der Waals surface area contributed by atoms with Crippen LogP contribution in [0.1, 0.15) is 11.5 Å². The lowest BCUT2D eigenvalue weighted by atomic mass is 9.93. The monoisotopic (exact) mass is 352 g/mol. The van der Waals surface area contributed by atoms with Crippen molar-refractivity contribution in [1.82, 2.24) is 9.78 Å². The summed E-state index contributed by atoms with van der Waals surface area (Å²) in [6.45, 7) is 3.15. The molecule has 0 aliphatic carbocycles. The average molecular weight is 353 g/mol. The number of aromatic nitrogens is 2. The zero-order valence-corrected chi connectivity index (χ0v) is 14.2. The molecule has 1 N–H and O–H groups in total. The van der Waals surface area contributed by atoms with Gasteiger partial charge in [-0.05, 0) is 18.2 Å². The van der Waals surface area contributed by atoms with Crippen molar-refractivity contribution >= 4 is 17.4 Å². The van der Waals surface area contributed by atoms with Gasteiger partial charge in [0.05, 0.1) is 23.9 Å². The van der Waals surface area contributed by atoms with E-state index in [9.17, 15) is 9.90 Å². The highest BCUT2D eigenvalue weighted by Gasteiger charge is 2.29. The number of para-hydroxylation sites is 1. The van der Waals surface area contributed by atoms with Crippen LogP contribution >= 0.6 is 11.6 Å². The van der Waals surface area contributed by atoms with Crippen LogP contribution in [0.5, 0.6) is 0 Å². The van der Waals surface area contributed by atoms with Gasteiger partial charge < -0.3 is 5.11 Å². The van der Waals surface area contributed by atoms with Crippen LogP contribution in [0.2, 0.25) is 5.15 Å². The second-order valence-corrected chi connectivity index (χ2v) is 5.87. The lowest BCUT2D eigenvalue weighted by Gasteiger charge is -2.12. The molecule has 0 spiro atoms. The average Bonchev–Trinajstić information content (AvgIpc) is 3.01. The van der Waals surface area contributed by atoms with Crippen LogP contribution in [0.4, 0.5) is 0 Å². The molecular formula is C20H17ClN2O2. The first-order valence-electron chi connectivity index (χ1n) is 7.83. The summed E-state index contributed by atoms with van der Waals surface area (Å²) in [6.07, 6.45) is 1.20. The first kappa shape index (κ1) is 17.1. The van der Waals surface area contributed by atoms with Crippen LogP contribution in [0.25, 0.3) is 16.9 Å². The van der Waals surface area contributed by atoms with Gasteiger partial charge in [-0.1, -0.05) is 66.7 Å². The van der Waals surface area contributed by atoms with E-state index in [-0.39, 0.29) is 12.4 Å². The summed E-state index contributed by atoms with van der Waals surface area (Å²) in [5, 5.41) is 14.7. The molecule has 0 radical (unpaired) electrons. The third-order valence-corrected chi connectivity index (χ3v) is 4.35. The molecule has 0 saturated carbocycles. The highest BCUT2D eigenvalue weighted by Crippen LogP contribution is 2.36. The van der Waals surface area contributed by atoms with Crippen LogP contribution in [0.15, 0.2) is 73.3 Å². The van der Waals surface area contributed by atoms with E-state index in [4.69, 9.17) is 11.6 Å². The predicted octanol–water partition coefficient (Wildman–Crippen LogP) is 4.02. The van der Waals surface area contributed by atoms with Gasteiger partial charge in [-0.15, -0.1) is 0 Å². The Bertz CT molecular complexity index is 889. The molecule has 0 saturated heterocycles. The van der Waals surface area contributed by atoms with Crippen molar-refractivity contribution in [1.29, 1.82) is 0 Å². The van der Waals surface area contributed by atoms with E-state index < -0.39 is 5.92 Å². The van der Waals surface area contributed by atoms with Crippen LogP contribution in [-0.4, -0.2) is 27.3 Å². The fraction of sp³-hybridized carbons (Fsp3) is 0.100. The standard InChI is InChI=1S/C20H17ClN2O2/c1-2-17(25)16(13-24)18-19(14-9-5-3-6-10-14)22-23(20(18)21)15-11-7-4-8-12-15/h2-12,16,24H,1,13H2. The number of ketones is 1. The van der Waals surface area contributed by atoms with Gasteiger partial charge in [0.15, 0.2) is 5.78 Å². The molecule has 126 valence electrons. The molecule has 1 aromatic heterocycles. The molecule has 3 aromatic rings. The zero-order valence-electron chi connectivity index (χ0n) is 13.5. The Morgan fingerprint density at radius 3 is 2.32 bits per heavy atom. The molecule has 1 heterocycles. The number of carbonyl (C=O) groups is 1. The van der Waals surface area contributed by atoms with E-state index in [2.05, 4.69) is 11.7 Å². The van der Waals surface area contributed by atoms with Crippen LogP contribution in [0.3, 0.4) is 0 Å².